The average Bonchev–Trinajstić information content (AvgIpc) is 3.17. The molecule has 0 fully saturated rings. The monoisotopic (exact) mass is 369 g/mol. The van der Waals surface area contributed by atoms with Gasteiger partial charge in [0.15, 0.2) is 0 Å². The minimum Gasteiger partial charge on any atom is -0.352 e. The molecule has 1 heterocycles. The van der Waals surface area contributed by atoms with Crippen molar-refractivity contribution in [2.75, 3.05) is 11.9 Å². The number of nitrogens with one attached hydrogen (secondary N) is 2. The molecule has 3 rings (SSSR count). The van der Waals surface area contributed by atoms with Crippen LogP contribution in [0.4, 0.5) is 5.69 Å². The second-order valence-electron chi connectivity index (χ2n) is 5.45. The quantitative estimate of drug-likeness (QED) is 0.699. The third-order valence-corrected chi connectivity index (χ3v) is 3.83. The molecule has 0 saturated heterocycles. The Kier molecular flexibility index (Phi) is 5.60. The van der Waals surface area contributed by atoms with Crippen molar-refractivity contribution in [3.63, 3.8) is 0 Å². The van der Waals surface area contributed by atoms with Crippen LogP contribution >= 0.6 is 11.6 Å². The molecular formula is C18H16ClN5O2. The molecule has 0 aliphatic carbocycles. The summed E-state index contributed by atoms with van der Waals surface area (Å²) in [6, 6.07) is 13.8. The average molecular weight is 370 g/mol. The Morgan fingerprint density at radius 2 is 1.77 bits per heavy atom. The van der Waals surface area contributed by atoms with Gasteiger partial charge in [0.2, 0.25) is 5.91 Å². The largest absolute Gasteiger partial charge is 0.352 e. The van der Waals surface area contributed by atoms with E-state index in [9.17, 15) is 9.59 Å². The van der Waals surface area contributed by atoms with Crippen molar-refractivity contribution >= 4 is 29.1 Å². The fourth-order valence-electron chi connectivity index (χ4n) is 2.26. The van der Waals surface area contributed by atoms with Crippen molar-refractivity contribution < 1.29 is 9.59 Å². The van der Waals surface area contributed by atoms with E-state index in [1.165, 1.54) is 6.33 Å². The van der Waals surface area contributed by atoms with E-state index in [2.05, 4.69) is 20.7 Å². The minimum absolute atomic E-state index is 0.171. The number of hydrogen-bond donors (Lipinski definition) is 2. The lowest BCUT2D eigenvalue weighted by molar-refractivity contribution is -0.116. The Morgan fingerprint density at radius 3 is 2.42 bits per heavy atom. The molecule has 0 aliphatic heterocycles. The number of anilines is 1. The molecule has 7 nitrogen and oxygen atoms in total. The van der Waals surface area contributed by atoms with Crippen molar-refractivity contribution in [3.05, 3.63) is 71.8 Å². The van der Waals surface area contributed by atoms with E-state index in [0.717, 1.165) is 5.69 Å². The molecule has 2 amide bonds. The van der Waals surface area contributed by atoms with Gasteiger partial charge in [-0.05, 0) is 48.5 Å². The molecule has 3 aromatic rings. The number of benzene rings is 2. The van der Waals surface area contributed by atoms with Crippen LogP contribution in [0.5, 0.6) is 0 Å². The number of halogens is 1. The molecule has 0 spiro atoms. The van der Waals surface area contributed by atoms with Crippen LogP contribution in [-0.2, 0) is 4.79 Å². The Morgan fingerprint density at radius 1 is 1.04 bits per heavy atom. The predicted octanol–water partition coefficient (Wildman–Crippen LogP) is 2.68. The van der Waals surface area contributed by atoms with Gasteiger partial charge in [0.1, 0.15) is 12.7 Å². The standard InChI is InChI=1S/C18H16ClN5O2/c19-14-3-1-13(2-4-14)18(26)21-10-9-17(25)23-15-5-7-16(8-6-15)24-12-20-11-22-24/h1-8,11-12H,9-10H2,(H,21,26)(H,23,25). The van der Waals surface area contributed by atoms with Crippen LogP contribution in [0, 0.1) is 0 Å². The van der Waals surface area contributed by atoms with Crippen LogP contribution in [0.15, 0.2) is 61.2 Å². The van der Waals surface area contributed by atoms with Crippen LogP contribution in [0.1, 0.15) is 16.8 Å². The van der Waals surface area contributed by atoms with E-state index in [-0.39, 0.29) is 24.8 Å². The summed E-state index contributed by atoms with van der Waals surface area (Å²) >= 11 is 5.79. The smallest absolute Gasteiger partial charge is 0.251 e. The van der Waals surface area contributed by atoms with E-state index in [4.69, 9.17) is 11.6 Å². The fraction of sp³-hybridized carbons (Fsp3) is 0.111. The summed E-state index contributed by atoms with van der Waals surface area (Å²) < 4.78 is 1.62. The third kappa shape index (κ3) is 4.67. The van der Waals surface area contributed by atoms with Crippen LogP contribution in [0.2, 0.25) is 5.02 Å². The topological polar surface area (TPSA) is 88.9 Å². The summed E-state index contributed by atoms with van der Waals surface area (Å²) in [6.45, 7) is 0.240. The Bertz CT molecular complexity index is 877. The SMILES string of the molecule is O=C(CCNC(=O)c1ccc(Cl)cc1)Nc1ccc(-n2cncn2)cc1. The van der Waals surface area contributed by atoms with Crippen molar-refractivity contribution in [2.45, 2.75) is 6.42 Å². The Labute approximate surface area is 155 Å². The zero-order chi connectivity index (χ0) is 18.4. The van der Waals surface area contributed by atoms with Gasteiger partial charge in [-0.15, -0.1) is 0 Å². The van der Waals surface area contributed by atoms with Gasteiger partial charge in [-0.1, -0.05) is 11.6 Å². The maximum atomic E-state index is 12.0. The number of rotatable bonds is 6. The molecule has 0 saturated carbocycles. The van der Waals surface area contributed by atoms with Crippen molar-refractivity contribution in [2.24, 2.45) is 0 Å². The predicted molar refractivity (Wildman–Crippen MR) is 98.4 cm³/mol. The van der Waals surface area contributed by atoms with Gasteiger partial charge in [0, 0.05) is 29.2 Å². The molecule has 8 heteroatoms. The normalized spacial score (nSPS) is 10.3. The van der Waals surface area contributed by atoms with E-state index >= 15 is 0 Å². The van der Waals surface area contributed by atoms with Crippen LogP contribution < -0.4 is 10.6 Å². The molecule has 0 aliphatic rings. The molecule has 0 unspecified atom stereocenters. The third-order valence-electron chi connectivity index (χ3n) is 3.58. The lowest BCUT2D eigenvalue weighted by Gasteiger charge is -2.08. The number of nitrogens with zero attached hydrogens (tertiary/aromatic N) is 3. The van der Waals surface area contributed by atoms with Crippen molar-refractivity contribution in [1.82, 2.24) is 20.1 Å². The fourth-order valence-corrected chi connectivity index (χ4v) is 2.38. The molecule has 0 atom stereocenters. The zero-order valence-electron chi connectivity index (χ0n) is 13.7. The summed E-state index contributed by atoms with van der Waals surface area (Å²) in [4.78, 5) is 27.8. The summed E-state index contributed by atoms with van der Waals surface area (Å²) in [5.74, 6) is -0.429. The molecule has 26 heavy (non-hydrogen) atoms. The molecule has 2 N–H and O–H groups in total. The highest BCUT2D eigenvalue weighted by molar-refractivity contribution is 6.30. The maximum Gasteiger partial charge on any atom is 0.251 e. The maximum absolute atomic E-state index is 12.0. The van der Waals surface area contributed by atoms with Crippen LogP contribution in [-0.4, -0.2) is 33.1 Å². The lowest BCUT2D eigenvalue weighted by atomic mass is 10.2. The van der Waals surface area contributed by atoms with Crippen LogP contribution in [0.25, 0.3) is 5.69 Å². The van der Waals surface area contributed by atoms with E-state index in [0.29, 0.717) is 16.3 Å². The van der Waals surface area contributed by atoms with Crippen LogP contribution in [0.3, 0.4) is 0 Å². The molecule has 2 aromatic carbocycles. The van der Waals surface area contributed by atoms with E-state index < -0.39 is 0 Å². The summed E-state index contributed by atoms with van der Waals surface area (Å²) in [5, 5.41) is 10.1. The Hall–Kier alpha value is -3.19. The highest BCUT2D eigenvalue weighted by atomic mass is 35.5. The first-order chi connectivity index (χ1) is 12.6. The summed E-state index contributed by atoms with van der Waals surface area (Å²) in [7, 11) is 0. The second kappa shape index (κ2) is 8.26. The lowest BCUT2D eigenvalue weighted by Crippen LogP contribution is -2.27. The van der Waals surface area contributed by atoms with Crippen molar-refractivity contribution in [3.8, 4) is 5.69 Å². The number of aromatic nitrogens is 3. The number of amides is 2. The molecule has 1 aromatic heterocycles. The highest BCUT2D eigenvalue weighted by Crippen LogP contribution is 2.12. The van der Waals surface area contributed by atoms with Gasteiger partial charge in [0.25, 0.3) is 5.91 Å². The van der Waals surface area contributed by atoms with Gasteiger partial charge < -0.3 is 10.6 Å². The van der Waals surface area contributed by atoms with Gasteiger partial charge in [-0.3, -0.25) is 9.59 Å². The van der Waals surface area contributed by atoms with Gasteiger partial charge >= 0.3 is 0 Å². The van der Waals surface area contributed by atoms with Crippen molar-refractivity contribution in [1.29, 1.82) is 0 Å². The highest BCUT2D eigenvalue weighted by Gasteiger charge is 2.07. The molecular weight excluding hydrogens is 354 g/mol. The number of carbonyl (C=O) groups excluding carboxylic acids is 2. The summed E-state index contributed by atoms with van der Waals surface area (Å²) in [6.07, 6.45) is 3.22. The number of hydrogen-bond acceptors (Lipinski definition) is 4. The minimum atomic E-state index is -0.244. The zero-order valence-corrected chi connectivity index (χ0v) is 14.5. The van der Waals surface area contributed by atoms with Gasteiger partial charge in [-0.2, -0.15) is 5.10 Å². The Balaban J connectivity index is 1.45. The second-order valence-corrected chi connectivity index (χ2v) is 5.88. The first-order valence-electron chi connectivity index (χ1n) is 7.90. The summed E-state index contributed by atoms with van der Waals surface area (Å²) in [5.41, 5.74) is 2.01. The molecule has 132 valence electrons. The molecule has 0 radical (unpaired) electrons. The van der Waals surface area contributed by atoms with E-state index in [1.54, 1.807) is 47.4 Å². The molecule has 0 bridgehead atoms. The van der Waals surface area contributed by atoms with Gasteiger partial charge in [0.05, 0.1) is 5.69 Å². The number of carbonyl (C=O) groups is 2. The van der Waals surface area contributed by atoms with Gasteiger partial charge in [-0.25, -0.2) is 9.67 Å². The van der Waals surface area contributed by atoms with E-state index in [1.807, 2.05) is 12.1 Å². The first-order valence-corrected chi connectivity index (χ1v) is 8.28. The first kappa shape index (κ1) is 17.6.